The first-order valence-corrected chi connectivity index (χ1v) is 5.11. The van der Waals surface area contributed by atoms with Crippen LogP contribution >= 0.6 is 0 Å². The molecule has 0 atom stereocenters. The highest BCUT2D eigenvalue weighted by Gasteiger charge is 2.12. The molecule has 5 nitrogen and oxygen atoms in total. The monoisotopic (exact) mass is 201 g/mol. The van der Waals surface area contributed by atoms with Gasteiger partial charge in [0.2, 0.25) is 10.0 Å². The maximum atomic E-state index is 11.0. The predicted octanol–water partition coefficient (Wildman–Crippen LogP) is -0.625. The van der Waals surface area contributed by atoms with Crippen molar-refractivity contribution in [2.24, 2.45) is 10.9 Å². The second-order valence-corrected chi connectivity index (χ2v) is 4.15. The standard InChI is InChI=1S/C7H11N3O2S/c8-4-5-3-6(9)1-2-7(5)13(10,11)12/h1-3H,4,8-9H2,(H2,10,11,12). The minimum absolute atomic E-state index is 0.0317. The highest BCUT2D eigenvalue weighted by Crippen LogP contribution is 2.16. The van der Waals surface area contributed by atoms with Crippen LogP contribution in [0, 0.1) is 0 Å². The van der Waals surface area contributed by atoms with Crippen molar-refractivity contribution in [3.63, 3.8) is 0 Å². The van der Waals surface area contributed by atoms with Gasteiger partial charge in [-0.1, -0.05) is 0 Å². The van der Waals surface area contributed by atoms with E-state index in [0.717, 1.165) is 0 Å². The van der Waals surface area contributed by atoms with Gasteiger partial charge in [-0.25, -0.2) is 13.6 Å². The zero-order valence-corrected chi connectivity index (χ0v) is 7.71. The minimum Gasteiger partial charge on any atom is -0.399 e. The summed E-state index contributed by atoms with van der Waals surface area (Å²) < 4.78 is 22.0. The number of nitrogen functional groups attached to an aromatic ring is 1. The number of anilines is 1. The number of nitrogens with two attached hydrogens (primary N) is 3. The highest BCUT2D eigenvalue weighted by molar-refractivity contribution is 7.89. The number of hydrogen-bond acceptors (Lipinski definition) is 4. The Morgan fingerprint density at radius 1 is 1.31 bits per heavy atom. The van der Waals surface area contributed by atoms with E-state index in [2.05, 4.69) is 0 Å². The molecule has 0 spiro atoms. The molecule has 0 aliphatic carbocycles. The zero-order chi connectivity index (χ0) is 10.1. The number of benzene rings is 1. The lowest BCUT2D eigenvalue weighted by Crippen LogP contribution is -2.16. The van der Waals surface area contributed by atoms with Crippen molar-refractivity contribution in [1.29, 1.82) is 0 Å². The van der Waals surface area contributed by atoms with E-state index in [1.54, 1.807) is 0 Å². The van der Waals surface area contributed by atoms with E-state index in [1.165, 1.54) is 18.2 Å². The van der Waals surface area contributed by atoms with Gasteiger partial charge in [-0.2, -0.15) is 0 Å². The molecule has 0 unspecified atom stereocenters. The van der Waals surface area contributed by atoms with E-state index in [0.29, 0.717) is 11.3 Å². The van der Waals surface area contributed by atoms with Crippen molar-refractivity contribution in [3.8, 4) is 0 Å². The van der Waals surface area contributed by atoms with Crippen LogP contribution in [0.2, 0.25) is 0 Å². The third-order valence-electron chi connectivity index (χ3n) is 1.61. The quantitative estimate of drug-likeness (QED) is 0.553. The van der Waals surface area contributed by atoms with Crippen LogP contribution in [0.1, 0.15) is 5.56 Å². The lowest BCUT2D eigenvalue weighted by molar-refractivity contribution is 0.596. The van der Waals surface area contributed by atoms with E-state index in [9.17, 15) is 8.42 Å². The Morgan fingerprint density at radius 3 is 2.38 bits per heavy atom. The first kappa shape index (κ1) is 9.97. The molecule has 0 amide bonds. The van der Waals surface area contributed by atoms with Crippen molar-refractivity contribution >= 4 is 15.7 Å². The summed E-state index contributed by atoms with van der Waals surface area (Å²) in [6.45, 7) is 0.0941. The smallest absolute Gasteiger partial charge is 0.238 e. The van der Waals surface area contributed by atoms with Crippen molar-refractivity contribution in [1.82, 2.24) is 0 Å². The fraction of sp³-hybridized carbons (Fsp3) is 0.143. The fourth-order valence-electron chi connectivity index (χ4n) is 1.04. The molecular formula is C7H11N3O2S. The van der Waals surface area contributed by atoms with E-state index >= 15 is 0 Å². The van der Waals surface area contributed by atoms with Crippen molar-refractivity contribution in [3.05, 3.63) is 23.8 Å². The maximum absolute atomic E-state index is 11.0. The van der Waals surface area contributed by atoms with Gasteiger partial charge in [0, 0.05) is 12.2 Å². The summed E-state index contributed by atoms with van der Waals surface area (Å²) >= 11 is 0. The van der Waals surface area contributed by atoms with Gasteiger partial charge in [-0.15, -0.1) is 0 Å². The number of primary sulfonamides is 1. The van der Waals surface area contributed by atoms with E-state index < -0.39 is 10.0 Å². The summed E-state index contributed by atoms with van der Waals surface area (Å²) in [5.74, 6) is 0. The normalized spacial score (nSPS) is 11.5. The predicted molar refractivity (Wildman–Crippen MR) is 50.1 cm³/mol. The summed E-state index contributed by atoms with van der Waals surface area (Å²) in [7, 11) is -3.70. The molecule has 1 aromatic carbocycles. The lowest BCUT2D eigenvalue weighted by Gasteiger charge is -2.05. The van der Waals surface area contributed by atoms with Gasteiger partial charge >= 0.3 is 0 Å². The fourth-order valence-corrected chi connectivity index (χ4v) is 1.80. The Labute approximate surface area is 76.6 Å². The van der Waals surface area contributed by atoms with Gasteiger partial charge in [-0.3, -0.25) is 0 Å². The Morgan fingerprint density at radius 2 is 1.92 bits per heavy atom. The molecule has 0 aliphatic heterocycles. The van der Waals surface area contributed by atoms with Gasteiger partial charge in [0.1, 0.15) is 0 Å². The van der Waals surface area contributed by atoms with E-state index in [-0.39, 0.29) is 11.4 Å². The Hall–Kier alpha value is -1.11. The average molecular weight is 201 g/mol. The third-order valence-corrected chi connectivity index (χ3v) is 2.62. The van der Waals surface area contributed by atoms with Crippen LogP contribution in [0.25, 0.3) is 0 Å². The van der Waals surface area contributed by atoms with Gasteiger partial charge in [0.15, 0.2) is 0 Å². The van der Waals surface area contributed by atoms with Crippen LogP contribution < -0.4 is 16.6 Å². The molecule has 6 heteroatoms. The summed E-state index contributed by atoms with van der Waals surface area (Å²) in [5, 5.41) is 4.96. The molecule has 0 fully saturated rings. The first-order valence-electron chi connectivity index (χ1n) is 3.56. The summed E-state index contributed by atoms with van der Waals surface area (Å²) in [6.07, 6.45) is 0. The Balaban J connectivity index is 3.39. The van der Waals surface area contributed by atoms with Gasteiger partial charge < -0.3 is 11.5 Å². The molecule has 0 bridgehead atoms. The molecule has 0 aromatic heterocycles. The van der Waals surface area contributed by atoms with Crippen molar-refractivity contribution < 1.29 is 8.42 Å². The molecule has 0 radical (unpaired) electrons. The van der Waals surface area contributed by atoms with Gasteiger partial charge in [0.25, 0.3) is 0 Å². The number of sulfonamides is 1. The van der Waals surface area contributed by atoms with E-state index in [1.807, 2.05) is 0 Å². The van der Waals surface area contributed by atoms with Gasteiger partial charge in [-0.05, 0) is 23.8 Å². The first-order chi connectivity index (χ1) is 5.95. The molecule has 13 heavy (non-hydrogen) atoms. The zero-order valence-electron chi connectivity index (χ0n) is 6.90. The molecule has 72 valence electrons. The SMILES string of the molecule is NCc1cc(N)ccc1S(N)(=O)=O. The van der Waals surface area contributed by atoms with Crippen LogP contribution in [0.4, 0.5) is 5.69 Å². The van der Waals surface area contributed by atoms with Crippen LogP contribution in [-0.2, 0) is 16.6 Å². The largest absolute Gasteiger partial charge is 0.399 e. The molecule has 0 heterocycles. The van der Waals surface area contributed by atoms with Crippen LogP contribution in [0.5, 0.6) is 0 Å². The molecule has 0 saturated carbocycles. The molecule has 0 saturated heterocycles. The number of rotatable bonds is 2. The summed E-state index contributed by atoms with van der Waals surface area (Å²) in [5.41, 5.74) is 11.7. The van der Waals surface area contributed by atoms with Crippen LogP contribution in [0.3, 0.4) is 0 Å². The average Bonchev–Trinajstić information content (AvgIpc) is 2.01. The molecule has 1 rings (SSSR count). The van der Waals surface area contributed by atoms with Crippen molar-refractivity contribution in [2.45, 2.75) is 11.4 Å². The van der Waals surface area contributed by atoms with Crippen LogP contribution in [-0.4, -0.2) is 8.42 Å². The van der Waals surface area contributed by atoms with Crippen molar-refractivity contribution in [2.75, 3.05) is 5.73 Å². The molecule has 6 N–H and O–H groups in total. The Kier molecular flexibility index (Phi) is 2.55. The summed E-state index contributed by atoms with van der Waals surface area (Å²) in [4.78, 5) is 0.0317. The van der Waals surface area contributed by atoms with E-state index in [4.69, 9.17) is 16.6 Å². The second-order valence-electron chi connectivity index (χ2n) is 2.62. The van der Waals surface area contributed by atoms with Crippen LogP contribution in [0.15, 0.2) is 23.1 Å². The molecular weight excluding hydrogens is 190 g/mol. The maximum Gasteiger partial charge on any atom is 0.238 e. The molecule has 1 aromatic rings. The number of hydrogen-bond donors (Lipinski definition) is 3. The topological polar surface area (TPSA) is 112 Å². The molecule has 0 aliphatic rings. The highest BCUT2D eigenvalue weighted by atomic mass is 32.2. The summed E-state index contributed by atoms with van der Waals surface area (Å²) in [6, 6.07) is 4.32. The second kappa shape index (κ2) is 3.33. The minimum atomic E-state index is -3.70. The van der Waals surface area contributed by atoms with Gasteiger partial charge in [0.05, 0.1) is 4.90 Å². The lowest BCUT2D eigenvalue weighted by atomic mass is 10.2. The third kappa shape index (κ3) is 2.18. The Bertz CT molecular complexity index is 414.